The molecular formula is C19H17ClF3NO5S. The van der Waals surface area contributed by atoms with E-state index in [1.807, 2.05) is 13.8 Å². The minimum absolute atomic E-state index is 0.0417. The summed E-state index contributed by atoms with van der Waals surface area (Å²) in [6.45, 7) is 3.85. The number of carbonyl (C=O) groups excluding carboxylic acids is 1. The van der Waals surface area contributed by atoms with Crippen LogP contribution in [0.5, 0.6) is 11.5 Å². The van der Waals surface area contributed by atoms with Crippen LogP contribution < -0.4 is 4.74 Å². The summed E-state index contributed by atoms with van der Waals surface area (Å²) in [5, 5.41) is 11.2. The number of ether oxygens (including phenoxy) is 2. The van der Waals surface area contributed by atoms with Gasteiger partial charge in [-0.15, -0.1) is 11.8 Å². The van der Waals surface area contributed by atoms with Crippen LogP contribution in [0.4, 0.5) is 18.9 Å². The van der Waals surface area contributed by atoms with Crippen LogP contribution in [-0.4, -0.2) is 22.1 Å². The number of alkyl halides is 3. The molecule has 0 radical (unpaired) electrons. The second-order valence-corrected chi connectivity index (χ2v) is 8.24. The SMILES string of the molecule is CC(C)SCOC(=O)Cc1cc(Oc2ccc(C(F)(F)F)cc2Cl)ccc1[N+](=O)[O-]. The summed E-state index contributed by atoms with van der Waals surface area (Å²) in [6.07, 6.45) is -4.93. The van der Waals surface area contributed by atoms with Crippen LogP contribution in [0.1, 0.15) is 25.0 Å². The van der Waals surface area contributed by atoms with Gasteiger partial charge in [-0.3, -0.25) is 14.9 Å². The molecule has 0 aliphatic carbocycles. The summed E-state index contributed by atoms with van der Waals surface area (Å²) in [6, 6.07) is 6.21. The van der Waals surface area contributed by atoms with Crippen molar-refractivity contribution < 1.29 is 32.4 Å². The molecule has 0 spiro atoms. The lowest BCUT2D eigenvalue weighted by molar-refractivity contribution is -0.385. The van der Waals surface area contributed by atoms with E-state index >= 15 is 0 Å². The van der Waals surface area contributed by atoms with E-state index in [2.05, 4.69) is 0 Å². The maximum Gasteiger partial charge on any atom is 0.416 e. The maximum absolute atomic E-state index is 12.7. The predicted octanol–water partition coefficient (Wildman–Crippen LogP) is 6.24. The summed E-state index contributed by atoms with van der Waals surface area (Å²) in [4.78, 5) is 22.6. The molecule has 0 saturated heterocycles. The molecule has 6 nitrogen and oxygen atoms in total. The number of benzene rings is 2. The molecule has 0 aromatic heterocycles. The summed E-state index contributed by atoms with van der Waals surface area (Å²) in [5.74, 6) is -0.542. The van der Waals surface area contributed by atoms with Gasteiger partial charge in [-0.1, -0.05) is 25.4 Å². The van der Waals surface area contributed by atoms with Gasteiger partial charge in [0.2, 0.25) is 0 Å². The molecule has 0 aliphatic heterocycles. The van der Waals surface area contributed by atoms with Crippen molar-refractivity contribution in [3.63, 3.8) is 0 Å². The Morgan fingerprint density at radius 2 is 1.93 bits per heavy atom. The van der Waals surface area contributed by atoms with Gasteiger partial charge in [0.15, 0.2) is 0 Å². The van der Waals surface area contributed by atoms with Crippen LogP contribution in [0.25, 0.3) is 0 Å². The number of thioether (sulfide) groups is 1. The van der Waals surface area contributed by atoms with Crippen molar-refractivity contribution in [1.29, 1.82) is 0 Å². The van der Waals surface area contributed by atoms with Gasteiger partial charge < -0.3 is 9.47 Å². The molecule has 11 heteroatoms. The van der Waals surface area contributed by atoms with Crippen molar-refractivity contribution in [2.75, 3.05) is 5.94 Å². The highest BCUT2D eigenvalue weighted by Gasteiger charge is 2.31. The lowest BCUT2D eigenvalue weighted by Crippen LogP contribution is -2.10. The molecule has 2 aromatic carbocycles. The minimum atomic E-state index is -4.56. The van der Waals surface area contributed by atoms with Gasteiger partial charge in [0.25, 0.3) is 5.69 Å². The fourth-order valence-electron chi connectivity index (χ4n) is 2.27. The fourth-order valence-corrected chi connectivity index (χ4v) is 2.97. The Balaban J connectivity index is 2.21. The Labute approximate surface area is 179 Å². The topological polar surface area (TPSA) is 78.7 Å². The largest absolute Gasteiger partial charge is 0.456 e. The first-order valence-corrected chi connectivity index (χ1v) is 9.99. The Morgan fingerprint density at radius 1 is 1.23 bits per heavy atom. The highest BCUT2D eigenvalue weighted by molar-refractivity contribution is 7.99. The molecule has 0 N–H and O–H groups in total. The number of hydrogen-bond acceptors (Lipinski definition) is 6. The van der Waals surface area contributed by atoms with E-state index in [9.17, 15) is 28.1 Å². The smallest absolute Gasteiger partial charge is 0.416 e. The second kappa shape index (κ2) is 10.0. The van der Waals surface area contributed by atoms with Gasteiger partial charge >= 0.3 is 12.1 Å². The zero-order chi connectivity index (χ0) is 22.5. The highest BCUT2D eigenvalue weighted by atomic mass is 35.5. The maximum atomic E-state index is 12.7. The number of nitro benzene ring substituents is 1. The van der Waals surface area contributed by atoms with Crippen LogP contribution in [0.2, 0.25) is 5.02 Å². The van der Waals surface area contributed by atoms with E-state index < -0.39 is 22.6 Å². The molecule has 0 saturated carbocycles. The molecule has 0 bridgehead atoms. The molecule has 0 heterocycles. The zero-order valence-electron chi connectivity index (χ0n) is 15.9. The molecular weight excluding hydrogens is 447 g/mol. The molecule has 0 amide bonds. The van der Waals surface area contributed by atoms with E-state index in [4.69, 9.17) is 21.1 Å². The van der Waals surface area contributed by atoms with Gasteiger partial charge in [-0.2, -0.15) is 13.2 Å². The number of carbonyl (C=O) groups is 1. The van der Waals surface area contributed by atoms with Gasteiger partial charge in [0, 0.05) is 16.9 Å². The van der Waals surface area contributed by atoms with E-state index in [0.717, 1.165) is 18.2 Å². The standard InChI is InChI=1S/C19H17ClF3NO5S/c1-11(2)30-10-28-18(25)8-12-7-14(4-5-16(12)24(26)27)29-17-6-3-13(9-15(17)20)19(21,22)23/h3-7,9,11H,8,10H2,1-2H3. The molecule has 0 aliphatic rings. The summed E-state index contributed by atoms with van der Waals surface area (Å²) in [7, 11) is 0. The first-order chi connectivity index (χ1) is 14.0. The van der Waals surface area contributed by atoms with Crippen LogP contribution in [0.15, 0.2) is 36.4 Å². The summed E-state index contributed by atoms with van der Waals surface area (Å²) >= 11 is 7.26. The second-order valence-electron chi connectivity index (χ2n) is 6.32. The molecule has 2 aromatic rings. The molecule has 0 atom stereocenters. The van der Waals surface area contributed by atoms with Crippen LogP contribution in [0.3, 0.4) is 0 Å². The van der Waals surface area contributed by atoms with Gasteiger partial charge in [-0.05, 0) is 30.3 Å². The van der Waals surface area contributed by atoms with Crippen LogP contribution in [-0.2, 0) is 22.1 Å². The monoisotopic (exact) mass is 463 g/mol. The first-order valence-electron chi connectivity index (χ1n) is 8.56. The highest BCUT2D eigenvalue weighted by Crippen LogP contribution is 2.37. The lowest BCUT2D eigenvalue weighted by atomic mass is 10.1. The minimum Gasteiger partial charge on any atom is -0.456 e. The third-order valence-electron chi connectivity index (χ3n) is 3.69. The number of nitro groups is 1. The van der Waals surface area contributed by atoms with Crippen molar-refractivity contribution >= 4 is 35.0 Å². The van der Waals surface area contributed by atoms with Crippen molar-refractivity contribution in [3.8, 4) is 11.5 Å². The van der Waals surface area contributed by atoms with E-state index in [-0.39, 0.29) is 45.4 Å². The quantitative estimate of drug-likeness (QED) is 0.199. The number of nitrogens with zero attached hydrogens (tertiary/aromatic N) is 1. The van der Waals surface area contributed by atoms with Crippen molar-refractivity contribution in [1.82, 2.24) is 0 Å². The molecule has 2 rings (SSSR count). The van der Waals surface area contributed by atoms with E-state index in [1.54, 1.807) is 0 Å². The Kier molecular flexibility index (Phi) is 7.96. The number of hydrogen-bond donors (Lipinski definition) is 0. The molecule has 0 unspecified atom stereocenters. The van der Waals surface area contributed by atoms with Crippen molar-refractivity contribution in [2.24, 2.45) is 0 Å². The first kappa shape index (κ1) is 23.8. The van der Waals surface area contributed by atoms with Crippen LogP contribution >= 0.6 is 23.4 Å². The van der Waals surface area contributed by atoms with Gasteiger partial charge in [-0.25, -0.2) is 0 Å². The number of rotatable bonds is 8. The Bertz CT molecular complexity index is 937. The normalized spacial score (nSPS) is 11.4. The average Bonchev–Trinajstić information content (AvgIpc) is 2.62. The lowest BCUT2D eigenvalue weighted by Gasteiger charge is -2.12. The van der Waals surface area contributed by atoms with Crippen molar-refractivity contribution in [3.05, 3.63) is 62.7 Å². The fraction of sp³-hybridized carbons (Fsp3) is 0.316. The summed E-state index contributed by atoms with van der Waals surface area (Å²) in [5.41, 5.74) is -1.21. The van der Waals surface area contributed by atoms with Gasteiger partial charge in [0.05, 0.1) is 21.9 Å². The van der Waals surface area contributed by atoms with Crippen molar-refractivity contribution in [2.45, 2.75) is 31.7 Å². The average molecular weight is 464 g/mol. The Morgan fingerprint density at radius 3 is 2.50 bits per heavy atom. The van der Waals surface area contributed by atoms with Gasteiger partial charge in [0.1, 0.15) is 17.4 Å². The zero-order valence-corrected chi connectivity index (χ0v) is 17.4. The third kappa shape index (κ3) is 6.81. The number of halogens is 4. The van der Waals surface area contributed by atoms with E-state index in [1.165, 1.54) is 23.9 Å². The summed E-state index contributed by atoms with van der Waals surface area (Å²) < 4.78 is 48.7. The molecule has 30 heavy (non-hydrogen) atoms. The third-order valence-corrected chi connectivity index (χ3v) is 4.91. The van der Waals surface area contributed by atoms with E-state index in [0.29, 0.717) is 6.07 Å². The number of esters is 1. The molecule has 0 fully saturated rings. The van der Waals surface area contributed by atoms with Crippen LogP contribution in [0, 0.1) is 10.1 Å². The Hall–Kier alpha value is -2.46. The predicted molar refractivity (Wildman–Crippen MR) is 107 cm³/mol. The molecule has 162 valence electrons.